The number of halogens is 1. The number of allylic oxidation sites excluding steroid dienone is 4. The molecule has 38 heavy (non-hydrogen) atoms. The number of ether oxygens (including phenoxy) is 2. The van der Waals surface area contributed by atoms with Crippen LogP contribution in [-0.2, 0) is 25.6 Å². The third kappa shape index (κ3) is 7.31. The quantitative estimate of drug-likeness (QED) is 0.149. The van der Waals surface area contributed by atoms with Gasteiger partial charge in [0.2, 0.25) is 6.61 Å². The zero-order valence-electron chi connectivity index (χ0n) is 23.8. The molecule has 0 unspecified atom stereocenters. The Morgan fingerprint density at radius 3 is 2.63 bits per heavy atom. The molecule has 0 aromatic heterocycles. The molecule has 0 amide bonds. The molecular formula is C29H41ClN2O6. The summed E-state index contributed by atoms with van der Waals surface area (Å²) in [6.07, 6.45) is 10.00. The molecule has 1 aromatic rings. The number of phenolic OH excluding ortho intramolecular Hbond substituents is 1. The summed E-state index contributed by atoms with van der Waals surface area (Å²) in [6, 6.07) is 0. The number of rotatable bonds is 11. The van der Waals surface area contributed by atoms with Crippen molar-refractivity contribution < 1.29 is 29.0 Å². The second-order valence-corrected chi connectivity index (χ2v) is 10.2. The van der Waals surface area contributed by atoms with Gasteiger partial charge in [-0.1, -0.05) is 66.5 Å². The largest absolute Gasteiger partial charge is 0.507 e. The number of oxime groups is 2. The molecular weight excluding hydrogens is 508 g/mol. The van der Waals surface area contributed by atoms with Crippen molar-refractivity contribution in [1.82, 2.24) is 0 Å². The van der Waals surface area contributed by atoms with Crippen LogP contribution in [0.5, 0.6) is 11.5 Å². The summed E-state index contributed by atoms with van der Waals surface area (Å²) in [5, 5.41) is 19.5. The van der Waals surface area contributed by atoms with Gasteiger partial charge in [0, 0.05) is 17.0 Å². The van der Waals surface area contributed by atoms with Crippen molar-refractivity contribution in [3.63, 3.8) is 0 Å². The molecule has 1 aliphatic rings. The van der Waals surface area contributed by atoms with Crippen molar-refractivity contribution in [3.8, 4) is 11.5 Å². The van der Waals surface area contributed by atoms with E-state index in [1.54, 1.807) is 13.8 Å². The number of methoxy groups -OCH3 is 1. The monoisotopic (exact) mass is 548 g/mol. The van der Waals surface area contributed by atoms with Crippen LogP contribution in [-0.4, -0.2) is 50.4 Å². The minimum Gasteiger partial charge on any atom is -0.507 e. The molecule has 0 spiro atoms. The van der Waals surface area contributed by atoms with E-state index in [0.29, 0.717) is 46.4 Å². The van der Waals surface area contributed by atoms with Crippen LogP contribution in [0, 0.1) is 24.2 Å². The van der Waals surface area contributed by atoms with Crippen molar-refractivity contribution in [2.45, 2.75) is 60.8 Å². The van der Waals surface area contributed by atoms with Crippen LogP contribution in [0.25, 0.3) is 0 Å². The predicted octanol–water partition coefficient (Wildman–Crippen LogP) is 6.40. The average molecular weight is 549 g/mol. The summed E-state index contributed by atoms with van der Waals surface area (Å²) < 4.78 is 10.4. The standard InChI is InChI=1S/C29H41ClN2O6/c1-9-37-25(33)17-38-32-24-13-11-19(3)29(6,21(24)5)15-14-18(2)10-12-22-27(34)23(16-31-36-8)20(4)26(30)28(22)35-7/h10,14-16,19,21,34H,9,11-13,17H2,1-8H3/b15-14+,18-10+,31-16+,32-24+/t19-,21+,29-/m1/s1. The fourth-order valence-corrected chi connectivity index (χ4v) is 4.95. The Labute approximate surface area is 231 Å². The molecule has 1 aromatic carbocycles. The van der Waals surface area contributed by atoms with Crippen LogP contribution in [0.3, 0.4) is 0 Å². The Hall–Kier alpha value is -3.00. The van der Waals surface area contributed by atoms with Crippen molar-refractivity contribution >= 4 is 29.5 Å². The zero-order chi connectivity index (χ0) is 28.5. The molecule has 3 atom stereocenters. The highest BCUT2D eigenvalue weighted by Crippen LogP contribution is 2.45. The highest BCUT2D eigenvalue weighted by molar-refractivity contribution is 6.33. The molecule has 0 aliphatic heterocycles. The highest BCUT2D eigenvalue weighted by atomic mass is 35.5. The maximum atomic E-state index is 11.6. The van der Waals surface area contributed by atoms with Gasteiger partial charge in [-0.15, -0.1) is 0 Å². The maximum Gasteiger partial charge on any atom is 0.347 e. The van der Waals surface area contributed by atoms with Gasteiger partial charge in [-0.3, -0.25) is 0 Å². The molecule has 210 valence electrons. The molecule has 9 heteroatoms. The second kappa shape index (κ2) is 14.2. The summed E-state index contributed by atoms with van der Waals surface area (Å²) in [6.45, 7) is 12.3. The Balaban J connectivity index is 2.27. The number of hydrogen-bond donors (Lipinski definition) is 1. The van der Waals surface area contributed by atoms with Gasteiger partial charge in [0.1, 0.15) is 18.6 Å². The van der Waals surface area contributed by atoms with E-state index in [1.807, 2.05) is 13.0 Å². The Kier molecular flexibility index (Phi) is 11.7. The third-order valence-electron chi connectivity index (χ3n) is 7.57. The lowest BCUT2D eigenvalue weighted by molar-refractivity contribution is -0.148. The number of carbonyl (C=O) groups is 1. The Bertz CT molecular complexity index is 1110. The summed E-state index contributed by atoms with van der Waals surface area (Å²) in [4.78, 5) is 21.7. The lowest BCUT2D eigenvalue weighted by Crippen LogP contribution is -2.40. The molecule has 0 saturated heterocycles. The van der Waals surface area contributed by atoms with E-state index in [9.17, 15) is 9.90 Å². The number of phenols is 1. The summed E-state index contributed by atoms with van der Waals surface area (Å²) >= 11 is 6.55. The van der Waals surface area contributed by atoms with Crippen LogP contribution in [0.15, 0.2) is 34.1 Å². The van der Waals surface area contributed by atoms with Gasteiger partial charge in [-0.05, 0) is 56.9 Å². The minimum atomic E-state index is -0.423. The van der Waals surface area contributed by atoms with Crippen LogP contribution in [0.4, 0.5) is 0 Å². The molecule has 0 radical (unpaired) electrons. The fourth-order valence-electron chi connectivity index (χ4n) is 4.66. The summed E-state index contributed by atoms with van der Waals surface area (Å²) in [5.41, 5.74) is 3.53. The second-order valence-electron chi connectivity index (χ2n) is 9.80. The predicted molar refractivity (Wildman–Crippen MR) is 151 cm³/mol. The molecule has 1 N–H and O–H groups in total. The average Bonchev–Trinajstić information content (AvgIpc) is 2.89. The van der Waals surface area contributed by atoms with Gasteiger partial charge in [0.05, 0.1) is 30.7 Å². The van der Waals surface area contributed by atoms with Crippen molar-refractivity contribution in [2.75, 3.05) is 27.4 Å². The molecule has 0 heterocycles. The number of esters is 1. The smallest absolute Gasteiger partial charge is 0.347 e. The number of benzene rings is 1. The number of hydrogen-bond acceptors (Lipinski definition) is 8. The first-order chi connectivity index (χ1) is 18.0. The van der Waals surface area contributed by atoms with Gasteiger partial charge in [0.25, 0.3) is 0 Å². The Morgan fingerprint density at radius 1 is 1.29 bits per heavy atom. The van der Waals surface area contributed by atoms with E-state index in [1.165, 1.54) is 20.4 Å². The van der Waals surface area contributed by atoms with Gasteiger partial charge in [-0.2, -0.15) is 0 Å². The van der Waals surface area contributed by atoms with Crippen LogP contribution < -0.4 is 4.74 Å². The van der Waals surface area contributed by atoms with Gasteiger partial charge in [0.15, 0.2) is 0 Å². The lowest BCUT2D eigenvalue weighted by Gasteiger charge is -2.43. The van der Waals surface area contributed by atoms with Gasteiger partial charge < -0.3 is 24.3 Å². The number of aromatic hydroxyl groups is 1. The van der Waals surface area contributed by atoms with Crippen molar-refractivity contribution in [3.05, 3.63) is 45.5 Å². The topological polar surface area (TPSA) is 98.9 Å². The number of carbonyl (C=O) groups excluding carboxylic acids is 1. The minimum absolute atomic E-state index is 0.0581. The first kappa shape index (κ1) is 31.2. The Morgan fingerprint density at radius 2 is 2.00 bits per heavy atom. The van der Waals surface area contributed by atoms with Crippen molar-refractivity contribution in [2.24, 2.45) is 27.6 Å². The molecule has 2 rings (SSSR count). The molecule has 1 aliphatic carbocycles. The highest BCUT2D eigenvalue weighted by Gasteiger charge is 2.41. The molecule has 8 nitrogen and oxygen atoms in total. The van der Waals surface area contributed by atoms with Crippen LogP contribution in [0.2, 0.25) is 5.02 Å². The van der Waals surface area contributed by atoms with E-state index >= 15 is 0 Å². The molecule has 1 fully saturated rings. The van der Waals surface area contributed by atoms with Crippen molar-refractivity contribution in [1.29, 1.82) is 0 Å². The summed E-state index contributed by atoms with van der Waals surface area (Å²) in [7, 11) is 2.97. The van der Waals surface area contributed by atoms with E-state index in [0.717, 1.165) is 24.1 Å². The first-order valence-corrected chi connectivity index (χ1v) is 13.2. The first-order valence-electron chi connectivity index (χ1n) is 12.9. The third-order valence-corrected chi connectivity index (χ3v) is 8.03. The van der Waals surface area contributed by atoms with E-state index in [4.69, 9.17) is 30.7 Å². The normalized spacial score (nSPS) is 23.3. The van der Waals surface area contributed by atoms with Crippen LogP contribution >= 0.6 is 11.6 Å². The number of nitrogens with zero attached hydrogens (tertiary/aromatic N) is 2. The molecule has 0 bridgehead atoms. The van der Waals surface area contributed by atoms with Gasteiger partial charge >= 0.3 is 5.97 Å². The lowest BCUT2D eigenvalue weighted by atomic mass is 9.61. The molecule has 1 saturated carbocycles. The SMILES string of the molecule is CCOC(=O)CO/N=C1\CC[C@@H](C)[C@@](C)(/C=C/C(C)=C/Cc2c(O)c(/C=N/OC)c(C)c(Cl)c2OC)[C@H]1C. The zero-order valence-corrected chi connectivity index (χ0v) is 24.5. The van der Waals surface area contributed by atoms with E-state index < -0.39 is 5.97 Å². The van der Waals surface area contributed by atoms with E-state index in [2.05, 4.69) is 43.2 Å². The van der Waals surface area contributed by atoms with Gasteiger partial charge in [-0.25, -0.2) is 4.79 Å². The van der Waals surface area contributed by atoms with Crippen LogP contribution in [0.1, 0.15) is 64.2 Å². The fraction of sp³-hybridized carbons (Fsp3) is 0.552. The summed E-state index contributed by atoms with van der Waals surface area (Å²) in [5.74, 6) is 0.623. The maximum absolute atomic E-state index is 11.6. The van der Waals surface area contributed by atoms with E-state index in [-0.39, 0.29) is 23.7 Å².